The summed E-state index contributed by atoms with van der Waals surface area (Å²) in [6.45, 7) is 1.75. The van der Waals surface area contributed by atoms with E-state index in [1.165, 1.54) is 6.92 Å². The molecule has 0 aromatic heterocycles. The molecule has 0 radical (unpaired) electrons. The van der Waals surface area contributed by atoms with E-state index in [4.69, 9.17) is 4.74 Å². The number of rotatable bonds is 4. The van der Waals surface area contributed by atoms with Gasteiger partial charge in [0.15, 0.2) is 0 Å². The minimum Gasteiger partial charge on any atom is -0.460 e. The second-order valence-corrected chi connectivity index (χ2v) is 5.26. The van der Waals surface area contributed by atoms with Crippen molar-refractivity contribution in [2.45, 2.75) is 45.6 Å². The highest BCUT2D eigenvalue weighted by Crippen LogP contribution is 2.38. The number of Topliss-reactive ketones (excluding diaryl/α,β-unsaturated/α-hetero) is 1. The van der Waals surface area contributed by atoms with E-state index in [0.29, 0.717) is 12.8 Å². The number of ketones is 1. The Kier molecular flexibility index (Phi) is 4.35. The molecule has 0 amide bonds. The van der Waals surface area contributed by atoms with E-state index in [0.717, 1.165) is 24.8 Å². The van der Waals surface area contributed by atoms with Crippen LogP contribution in [0.3, 0.4) is 0 Å². The summed E-state index contributed by atoms with van der Waals surface area (Å²) in [7, 11) is 0. The lowest BCUT2D eigenvalue weighted by atomic mass is 9.71. The first-order valence-corrected chi connectivity index (χ1v) is 6.87. The third-order valence-electron chi connectivity index (χ3n) is 3.98. The quantitative estimate of drug-likeness (QED) is 0.616. The van der Waals surface area contributed by atoms with Crippen LogP contribution in [-0.2, 0) is 20.9 Å². The summed E-state index contributed by atoms with van der Waals surface area (Å²) in [6, 6.07) is 9.56. The maximum Gasteiger partial charge on any atom is 0.319 e. The highest BCUT2D eigenvalue weighted by atomic mass is 16.5. The number of esters is 1. The first-order chi connectivity index (χ1) is 9.15. The smallest absolute Gasteiger partial charge is 0.319 e. The van der Waals surface area contributed by atoms with Crippen LogP contribution in [0.4, 0.5) is 0 Å². The van der Waals surface area contributed by atoms with Crippen LogP contribution in [0.2, 0.25) is 0 Å². The Morgan fingerprint density at radius 2 is 1.74 bits per heavy atom. The highest BCUT2D eigenvalue weighted by molar-refractivity contribution is 6.02. The van der Waals surface area contributed by atoms with E-state index < -0.39 is 5.41 Å². The first-order valence-electron chi connectivity index (χ1n) is 6.87. The molecule has 1 aromatic rings. The number of carbonyl (C=O) groups excluding carboxylic acids is 2. The van der Waals surface area contributed by atoms with Crippen LogP contribution < -0.4 is 0 Å². The molecule has 1 aliphatic rings. The second kappa shape index (κ2) is 6.00. The van der Waals surface area contributed by atoms with Gasteiger partial charge in [-0.1, -0.05) is 49.6 Å². The normalized spacial score (nSPS) is 17.7. The third kappa shape index (κ3) is 3.03. The van der Waals surface area contributed by atoms with Crippen LogP contribution in [0.1, 0.15) is 44.6 Å². The maximum atomic E-state index is 12.3. The Morgan fingerprint density at radius 3 is 2.32 bits per heavy atom. The molecule has 0 bridgehead atoms. The largest absolute Gasteiger partial charge is 0.460 e. The molecule has 1 fully saturated rings. The fourth-order valence-electron chi connectivity index (χ4n) is 2.72. The Bertz CT molecular complexity index is 444. The lowest BCUT2D eigenvalue weighted by Crippen LogP contribution is -2.41. The first kappa shape index (κ1) is 13.8. The van der Waals surface area contributed by atoms with Gasteiger partial charge in [-0.2, -0.15) is 0 Å². The average Bonchev–Trinajstić information content (AvgIpc) is 2.46. The molecule has 0 atom stereocenters. The lowest BCUT2D eigenvalue weighted by molar-refractivity contribution is -0.163. The van der Waals surface area contributed by atoms with Crippen molar-refractivity contribution in [2.75, 3.05) is 0 Å². The van der Waals surface area contributed by atoms with E-state index in [9.17, 15) is 9.59 Å². The number of benzene rings is 1. The predicted octanol–water partition coefficient (Wildman–Crippen LogP) is 3.27. The zero-order valence-electron chi connectivity index (χ0n) is 11.4. The zero-order chi connectivity index (χ0) is 13.7. The fourth-order valence-corrected chi connectivity index (χ4v) is 2.72. The van der Waals surface area contributed by atoms with Crippen LogP contribution >= 0.6 is 0 Å². The van der Waals surface area contributed by atoms with Gasteiger partial charge in [0.1, 0.15) is 17.8 Å². The van der Waals surface area contributed by atoms with E-state index in [-0.39, 0.29) is 18.4 Å². The van der Waals surface area contributed by atoms with Gasteiger partial charge in [0.25, 0.3) is 0 Å². The summed E-state index contributed by atoms with van der Waals surface area (Å²) in [5.74, 6) is -0.395. The molecule has 0 heterocycles. The fraction of sp³-hybridized carbons (Fsp3) is 0.500. The van der Waals surface area contributed by atoms with Crippen LogP contribution in [0.5, 0.6) is 0 Å². The summed E-state index contributed by atoms with van der Waals surface area (Å²) < 4.78 is 5.37. The monoisotopic (exact) mass is 260 g/mol. The summed E-state index contributed by atoms with van der Waals surface area (Å²) in [5.41, 5.74) is 0.0675. The van der Waals surface area contributed by atoms with Gasteiger partial charge in [0.05, 0.1) is 0 Å². The molecule has 1 aromatic carbocycles. The van der Waals surface area contributed by atoms with Crippen LogP contribution in [0.25, 0.3) is 0 Å². The second-order valence-electron chi connectivity index (χ2n) is 5.26. The molecule has 0 spiro atoms. The molecule has 2 rings (SSSR count). The van der Waals surface area contributed by atoms with Crippen LogP contribution in [-0.4, -0.2) is 11.8 Å². The molecule has 0 N–H and O–H groups in total. The molecule has 1 aliphatic carbocycles. The molecule has 19 heavy (non-hydrogen) atoms. The number of carbonyl (C=O) groups is 2. The van der Waals surface area contributed by atoms with E-state index in [2.05, 4.69) is 0 Å². The van der Waals surface area contributed by atoms with Gasteiger partial charge in [-0.25, -0.2) is 0 Å². The average molecular weight is 260 g/mol. The molecule has 0 unspecified atom stereocenters. The minimum atomic E-state index is -0.882. The Balaban J connectivity index is 2.02. The third-order valence-corrected chi connectivity index (χ3v) is 3.98. The molecule has 3 nitrogen and oxygen atoms in total. The van der Waals surface area contributed by atoms with Crippen molar-refractivity contribution < 1.29 is 14.3 Å². The van der Waals surface area contributed by atoms with Crippen molar-refractivity contribution in [3.05, 3.63) is 35.9 Å². The van der Waals surface area contributed by atoms with Crippen LogP contribution in [0, 0.1) is 5.41 Å². The predicted molar refractivity (Wildman–Crippen MR) is 72.4 cm³/mol. The summed E-state index contributed by atoms with van der Waals surface area (Å²) in [6.07, 6.45) is 4.23. The molecule has 3 heteroatoms. The van der Waals surface area contributed by atoms with Crippen molar-refractivity contribution in [2.24, 2.45) is 5.41 Å². The zero-order valence-corrected chi connectivity index (χ0v) is 11.4. The Labute approximate surface area is 114 Å². The number of hydrogen-bond donors (Lipinski definition) is 0. The molecule has 1 saturated carbocycles. The van der Waals surface area contributed by atoms with Crippen molar-refractivity contribution in [3.8, 4) is 0 Å². The molecule has 102 valence electrons. The highest BCUT2D eigenvalue weighted by Gasteiger charge is 2.45. The van der Waals surface area contributed by atoms with Gasteiger partial charge in [-0.05, 0) is 25.3 Å². The number of ether oxygens (including phenoxy) is 1. The molecule has 0 saturated heterocycles. The van der Waals surface area contributed by atoms with E-state index in [1.807, 2.05) is 30.3 Å². The van der Waals surface area contributed by atoms with Crippen LogP contribution in [0.15, 0.2) is 30.3 Å². The van der Waals surface area contributed by atoms with Gasteiger partial charge in [0.2, 0.25) is 0 Å². The summed E-state index contributed by atoms with van der Waals surface area (Å²) >= 11 is 0. The molecule has 0 aliphatic heterocycles. The molecular weight excluding hydrogens is 240 g/mol. The Morgan fingerprint density at radius 1 is 1.11 bits per heavy atom. The van der Waals surface area contributed by atoms with Gasteiger partial charge >= 0.3 is 5.97 Å². The lowest BCUT2D eigenvalue weighted by Gasteiger charge is -2.32. The summed E-state index contributed by atoms with van der Waals surface area (Å²) in [4.78, 5) is 24.2. The van der Waals surface area contributed by atoms with Gasteiger partial charge in [0, 0.05) is 0 Å². The van der Waals surface area contributed by atoms with Crippen molar-refractivity contribution >= 4 is 11.8 Å². The molecular formula is C16H20O3. The van der Waals surface area contributed by atoms with E-state index in [1.54, 1.807) is 0 Å². The van der Waals surface area contributed by atoms with E-state index >= 15 is 0 Å². The van der Waals surface area contributed by atoms with Gasteiger partial charge < -0.3 is 4.74 Å². The SMILES string of the molecule is CC(=O)C1(C(=O)OCc2ccccc2)CCCCC1. The van der Waals surface area contributed by atoms with Crippen molar-refractivity contribution in [1.82, 2.24) is 0 Å². The topological polar surface area (TPSA) is 43.4 Å². The van der Waals surface area contributed by atoms with Crippen molar-refractivity contribution in [1.29, 1.82) is 0 Å². The van der Waals surface area contributed by atoms with Gasteiger partial charge in [-0.3, -0.25) is 9.59 Å². The van der Waals surface area contributed by atoms with Crippen molar-refractivity contribution in [3.63, 3.8) is 0 Å². The van der Waals surface area contributed by atoms with Gasteiger partial charge in [-0.15, -0.1) is 0 Å². The minimum absolute atomic E-state index is 0.0507. The standard InChI is InChI=1S/C16H20O3/c1-13(17)16(10-6-3-7-11-16)15(18)19-12-14-8-4-2-5-9-14/h2,4-5,8-9H,3,6-7,10-12H2,1H3. The maximum absolute atomic E-state index is 12.3. The summed E-state index contributed by atoms with van der Waals surface area (Å²) in [5, 5.41) is 0. The number of hydrogen-bond acceptors (Lipinski definition) is 3. The Hall–Kier alpha value is -1.64.